The van der Waals surface area contributed by atoms with E-state index >= 15 is 0 Å². The van der Waals surface area contributed by atoms with Crippen LogP contribution in [0.3, 0.4) is 0 Å². The van der Waals surface area contributed by atoms with Gasteiger partial charge >= 0.3 is 0 Å². The van der Waals surface area contributed by atoms with Gasteiger partial charge in [-0.25, -0.2) is 0 Å². The van der Waals surface area contributed by atoms with Crippen LogP contribution in [0.1, 0.15) is 37.7 Å². The lowest BCUT2D eigenvalue weighted by atomic mass is 10.1. The largest absolute Gasteiger partial charge is 0.493 e. The first-order valence-corrected chi connectivity index (χ1v) is 11.1. The molecule has 0 amide bonds. The highest BCUT2D eigenvalue weighted by Crippen LogP contribution is 2.32. The molecule has 0 radical (unpaired) electrons. The van der Waals surface area contributed by atoms with Crippen molar-refractivity contribution in [3.05, 3.63) is 23.8 Å². The van der Waals surface area contributed by atoms with Crippen LogP contribution in [0.25, 0.3) is 0 Å². The molecule has 2 aliphatic rings. The fraction of sp³-hybridized carbons (Fsp3) is 0.696. The molecule has 1 saturated heterocycles. The van der Waals surface area contributed by atoms with Gasteiger partial charge in [0.15, 0.2) is 17.5 Å². The number of benzene rings is 1. The maximum absolute atomic E-state index is 6.22. The molecule has 2 fully saturated rings. The summed E-state index contributed by atoms with van der Waals surface area (Å²) >= 11 is 0. The quantitative estimate of drug-likeness (QED) is 0.209. The fourth-order valence-electron chi connectivity index (χ4n) is 4.18. The van der Waals surface area contributed by atoms with Crippen LogP contribution in [0, 0.1) is 5.92 Å². The van der Waals surface area contributed by atoms with E-state index in [0.29, 0.717) is 31.8 Å². The lowest BCUT2D eigenvalue weighted by Crippen LogP contribution is -2.39. The van der Waals surface area contributed by atoms with Crippen LogP contribution in [-0.2, 0) is 16.0 Å². The van der Waals surface area contributed by atoms with Crippen LogP contribution in [0.5, 0.6) is 11.5 Å². The molecule has 1 unspecified atom stereocenters. The SMILES string of the molecule is CN=C(NCc1ccc(OC)c(OC2CCCC2)c1)N1CCC(COCCOC)C1.I. The highest BCUT2D eigenvalue weighted by molar-refractivity contribution is 14.0. The molecule has 0 bridgehead atoms. The third-order valence-electron chi connectivity index (χ3n) is 5.86. The number of likely N-dealkylation sites (tertiary alicyclic amines) is 1. The van der Waals surface area contributed by atoms with E-state index in [4.69, 9.17) is 18.9 Å². The molecule has 1 atom stereocenters. The van der Waals surface area contributed by atoms with E-state index in [1.807, 2.05) is 13.1 Å². The van der Waals surface area contributed by atoms with E-state index in [1.165, 1.54) is 12.8 Å². The summed E-state index contributed by atoms with van der Waals surface area (Å²) in [4.78, 5) is 6.79. The number of hydrogen-bond donors (Lipinski definition) is 1. The van der Waals surface area contributed by atoms with Gasteiger partial charge in [0.1, 0.15) is 0 Å². The average Bonchev–Trinajstić information content (AvgIpc) is 3.44. The minimum Gasteiger partial charge on any atom is -0.493 e. The summed E-state index contributed by atoms with van der Waals surface area (Å²) in [5.41, 5.74) is 1.16. The van der Waals surface area contributed by atoms with Gasteiger partial charge in [0.05, 0.1) is 33.0 Å². The third-order valence-corrected chi connectivity index (χ3v) is 5.86. The maximum atomic E-state index is 6.22. The van der Waals surface area contributed by atoms with Gasteiger partial charge in [0.2, 0.25) is 0 Å². The van der Waals surface area contributed by atoms with Gasteiger partial charge in [-0.1, -0.05) is 6.07 Å². The summed E-state index contributed by atoms with van der Waals surface area (Å²) < 4.78 is 22.5. The molecule has 8 heteroatoms. The van der Waals surface area contributed by atoms with Gasteiger partial charge in [-0.05, 0) is 49.8 Å². The average molecular weight is 547 g/mol. The van der Waals surface area contributed by atoms with Crippen molar-refractivity contribution in [2.75, 3.05) is 54.2 Å². The minimum absolute atomic E-state index is 0. The smallest absolute Gasteiger partial charge is 0.193 e. The molecule has 1 heterocycles. The van der Waals surface area contributed by atoms with Crippen LogP contribution in [-0.4, -0.2) is 71.1 Å². The van der Waals surface area contributed by atoms with Gasteiger partial charge in [-0.3, -0.25) is 4.99 Å². The van der Waals surface area contributed by atoms with Gasteiger partial charge in [-0.2, -0.15) is 0 Å². The van der Waals surface area contributed by atoms with Crippen molar-refractivity contribution in [1.29, 1.82) is 0 Å². The number of methoxy groups -OCH3 is 2. The van der Waals surface area contributed by atoms with E-state index < -0.39 is 0 Å². The van der Waals surface area contributed by atoms with E-state index in [0.717, 1.165) is 62.0 Å². The Labute approximate surface area is 203 Å². The summed E-state index contributed by atoms with van der Waals surface area (Å²) in [5, 5.41) is 3.50. The number of nitrogens with zero attached hydrogens (tertiary/aromatic N) is 2. The van der Waals surface area contributed by atoms with Crippen LogP contribution >= 0.6 is 24.0 Å². The molecule has 1 aliphatic carbocycles. The fourth-order valence-corrected chi connectivity index (χ4v) is 4.18. The number of nitrogens with one attached hydrogen (secondary N) is 1. The number of halogens is 1. The zero-order chi connectivity index (χ0) is 21.2. The summed E-state index contributed by atoms with van der Waals surface area (Å²) in [5.74, 6) is 3.11. The third kappa shape index (κ3) is 7.98. The standard InChI is InChI=1S/C23H37N3O4.HI/c1-24-23(26-11-10-19(16-26)17-29-13-12-27-2)25-15-18-8-9-21(28-3)22(14-18)30-20-6-4-5-7-20;/h8-9,14,19-20H,4-7,10-13,15-17H2,1-3H3,(H,24,25);1H. The molecule has 1 saturated carbocycles. The second-order valence-corrected chi connectivity index (χ2v) is 8.08. The number of hydrogen-bond acceptors (Lipinski definition) is 5. The first-order valence-electron chi connectivity index (χ1n) is 11.1. The Bertz CT molecular complexity index is 683. The van der Waals surface area contributed by atoms with Crippen LogP contribution < -0.4 is 14.8 Å². The molecule has 7 nitrogen and oxygen atoms in total. The van der Waals surface area contributed by atoms with Crippen molar-refractivity contribution < 1.29 is 18.9 Å². The van der Waals surface area contributed by atoms with Crippen LogP contribution in [0.4, 0.5) is 0 Å². The lowest BCUT2D eigenvalue weighted by Gasteiger charge is -2.22. The molecule has 0 aromatic heterocycles. The van der Waals surface area contributed by atoms with Crippen molar-refractivity contribution in [2.24, 2.45) is 10.9 Å². The van der Waals surface area contributed by atoms with Crippen LogP contribution in [0.2, 0.25) is 0 Å². The number of ether oxygens (including phenoxy) is 4. The van der Waals surface area contributed by atoms with Gasteiger partial charge in [0, 0.05) is 39.7 Å². The molecule has 1 aliphatic heterocycles. The molecule has 1 aromatic carbocycles. The normalized spacial score (nSPS) is 19.4. The van der Waals surface area contributed by atoms with Crippen molar-refractivity contribution in [2.45, 2.75) is 44.8 Å². The number of rotatable bonds is 10. The molecule has 3 rings (SSSR count). The van der Waals surface area contributed by atoms with E-state index in [-0.39, 0.29) is 24.0 Å². The van der Waals surface area contributed by atoms with E-state index in [9.17, 15) is 0 Å². The first-order chi connectivity index (χ1) is 14.7. The Kier molecular flexibility index (Phi) is 11.7. The Morgan fingerprint density at radius 1 is 1.13 bits per heavy atom. The first kappa shape index (κ1) is 26.0. The van der Waals surface area contributed by atoms with Crippen molar-refractivity contribution >= 4 is 29.9 Å². The molecule has 176 valence electrons. The molecule has 31 heavy (non-hydrogen) atoms. The second kappa shape index (κ2) is 14.0. The monoisotopic (exact) mass is 547 g/mol. The van der Waals surface area contributed by atoms with Crippen molar-refractivity contribution in [3.8, 4) is 11.5 Å². The lowest BCUT2D eigenvalue weighted by molar-refractivity contribution is 0.0536. The Balaban J connectivity index is 0.00000341. The zero-order valence-corrected chi connectivity index (χ0v) is 21.4. The summed E-state index contributed by atoms with van der Waals surface area (Å²) in [6.07, 6.45) is 6.18. The molecular formula is C23H38IN3O4. The van der Waals surface area contributed by atoms with Crippen molar-refractivity contribution in [3.63, 3.8) is 0 Å². The summed E-state index contributed by atoms with van der Waals surface area (Å²) in [6, 6.07) is 6.16. The zero-order valence-electron chi connectivity index (χ0n) is 19.1. The maximum Gasteiger partial charge on any atom is 0.193 e. The van der Waals surface area contributed by atoms with E-state index in [2.05, 4.69) is 27.3 Å². The highest BCUT2D eigenvalue weighted by Gasteiger charge is 2.25. The molecule has 1 N–H and O–H groups in total. The summed E-state index contributed by atoms with van der Waals surface area (Å²) in [7, 11) is 5.23. The topological polar surface area (TPSA) is 64.6 Å². The van der Waals surface area contributed by atoms with Gasteiger partial charge in [0.25, 0.3) is 0 Å². The van der Waals surface area contributed by atoms with Crippen molar-refractivity contribution in [1.82, 2.24) is 10.2 Å². The highest BCUT2D eigenvalue weighted by atomic mass is 127. The van der Waals surface area contributed by atoms with Gasteiger partial charge in [-0.15, -0.1) is 24.0 Å². The number of aliphatic imine (C=N–C) groups is 1. The van der Waals surface area contributed by atoms with Gasteiger partial charge < -0.3 is 29.2 Å². The minimum atomic E-state index is 0. The Morgan fingerprint density at radius 3 is 2.65 bits per heavy atom. The molecule has 1 aromatic rings. The Morgan fingerprint density at radius 2 is 1.94 bits per heavy atom. The predicted molar refractivity (Wildman–Crippen MR) is 134 cm³/mol. The van der Waals surface area contributed by atoms with Crippen LogP contribution in [0.15, 0.2) is 23.2 Å². The molecule has 0 spiro atoms. The second-order valence-electron chi connectivity index (χ2n) is 8.08. The molecular weight excluding hydrogens is 509 g/mol. The number of guanidine groups is 1. The van der Waals surface area contributed by atoms with E-state index in [1.54, 1.807) is 14.2 Å². The predicted octanol–water partition coefficient (Wildman–Crippen LogP) is 3.69. The Hall–Kier alpha value is -1.26. The summed E-state index contributed by atoms with van der Waals surface area (Å²) in [6.45, 7) is 4.74.